The number of hydrogen-bond donors (Lipinski definition) is 1. The number of carboxylic acids is 1. The molecule has 1 rings (SSSR count). The van der Waals surface area contributed by atoms with Crippen LogP contribution in [0, 0.1) is 0 Å². The molecule has 1 N–H and O–H groups in total. The predicted molar refractivity (Wildman–Crippen MR) is 64.0 cm³/mol. The standard InChI is InChI=1S/C12H14O3S/c1-8(13)9-4-6-10(7-5-9)16-12(2,3)11(14)15/h4-7H,1-3H3,(H,14,15). The van der Waals surface area contributed by atoms with Crippen molar-refractivity contribution in [2.24, 2.45) is 0 Å². The lowest BCUT2D eigenvalue weighted by Gasteiger charge is -2.18. The summed E-state index contributed by atoms with van der Waals surface area (Å²) in [6.45, 7) is 4.81. The minimum absolute atomic E-state index is 0.00837. The molecular weight excluding hydrogens is 224 g/mol. The van der Waals surface area contributed by atoms with Crippen LogP contribution in [0.1, 0.15) is 31.1 Å². The molecule has 0 amide bonds. The highest BCUT2D eigenvalue weighted by molar-refractivity contribution is 8.01. The van der Waals surface area contributed by atoms with E-state index in [1.165, 1.54) is 18.7 Å². The van der Waals surface area contributed by atoms with Crippen molar-refractivity contribution in [2.75, 3.05) is 0 Å². The molecule has 0 unspecified atom stereocenters. The van der Waals surface area contributed by atoms with Crippen molar-refractivity contribution in [1.82, 2.24) is 0 Å². The number of carbonyl (C=O) groups is 2. The van der Waals surface area contributed by atoms with Crippen LogP contribution in [0.5, 0.6) is 0 Å². The zero-order valence-electron chi connectivity index (χ0n) is 9.48. The molecule has 0 aliphatic rings. The molecule has 0 aliphatic heterocycles. The Morgan fingerprint density at radius 3 is 2.06 bits per heavy atom. The molecule has 1 aromatic carbocycles. The first-order chi connectivity index (χ1) is 7.33. The fourth-order valence-electron chi connectivity index (χ4n) is 1.10. The van der Waals surface area contributed by atoms with E-state index >= 15 is 0 Å². The van der Waals surface area contributed by atoms with E-state index in [1.807, 2.05) is 0 Å². The smallest absolute Gasteiger partial charge is 0.319 e. The van der Waals surface area contributed by atoms with E-state index in [-0.39, 0.29) is 5.78 Å². The van der Waals surface area contributed by atoms with Crippen molar-refractivity contribution in [3.05, 3.63) is 29.8 Å². The van der Waals surface area contributed by atoms with Crippen LogP contribution in [-0.4, -0.2) is 21.6 Å². The number of ketones is 1. The summed E-state index contributed by atoms with van der Waals surface area (Å²) in [6.07, 6.45) is 0. The Morgan fingerprint density at radius 2 is 1.69 bits per heavy atom. The van der Waals surface area contributed by atoms with Gasteiger partial charge in [0.15, 0.2) is 5.78 Å². The third-order valence-corrected chi connectivity index (χ3v) is 3.34. The number of Topliss-reactive ketones (excluding diaryl/α,β-unsaturated/α-hetero) is 1. The molecule has 0 bridgehead atoms. The quantitative estimate of drug-likeness (QED) is 0.647. The van der Waals surface area contributed by atoms with E-state index in [1.54, 1.807) is 38.1 Å². The molecule has 0 heterocycles. The van der Waals surface area contributed by atoms with Gasteiger partial charge in [-0.1, -0.05) is 12.1 Å². The van der Waals surface area contributed by atoms with E-state index in [0.29, 0.717) is 5.56 Å². The maximum atomic E-state index is 11.0. The lowest BCUT2D eigenvalue weighted by Crippen LogP contribution is -2.26. The molecule has 0 saturated carbocycles. The van der Waals surface area contributed by atoms with Crippen molar-refractivity contribution in [3.8, 4) is 0 Å². The molecule has 4 heteroatoms. The molecule has 0 fully saturated rings. The van der Waals surface area contributed by atoms with E-state index in [2.05, 4.69) is 0 Å². The number of thioether (sulfide) groups is 1. The number of aliphatic carboxylic acids is 1. The lowest BCUT2D eigenvalue weighted by molar-refractivity contribution is -0.138. The van der Waals surface area contributed by atoms with Gasteiger partial charge < -0.3 is 5.11 Å². The minimum atomic E-state index is -0.863. The van der Waals surface area contributed by atoms with Crippen LogP contribution < -0.4 is 0 Å². The van der Waals surface area contributed by atoms with Crippen LogP contribution in [0.2, 0.25) is 0 Å². The maximum Gasteiger partial charge on any atom is 0.319 e. The highest BCUT2D eigenvalue weighted by Crippen LogP contribution is 2.32. The van der Waals surface area contributed by atoms with Crippen LogP contribution in [0.25, 0.3) is 0 Å². The fourth-order valence-corrected chi connectivity index (χ4v) is 2.04. The summed E-state index contributed by atoms with van der Waals surface area (Å²) >= 11 is 1.26. The zero-order valence-corrected chi connectivity index (χ0v) is 10.3. The highest BCUT2D eigenvalue weighted by atomic mass is 32.2. The van der Waals surface area contributed by atoms with Gasteiger partial charge in [0.05, 0.1) is 0 Å². The highest BCUT2D eigenvalue weighted by Gasteiger charge is 2.28. The number of benzene rings is 1. The van der Waals surface area contributed by atoms with Gasteiger partial charge in [-0.2, -0.15) is 0 Å². The van der Waals surface area contributed by atoms with Crippen molar-refractivity contribution in [1.29, 1.82) is 0 Å². The second-order valence-corrected chi connectivity index (χ2v) is 5.69. The van der Waals surface area contributed by atoms with Crippen LogP contribution in [0.4, 0.5) is 0 Å². The predicted octanol–water partition coefficient (Wildman–Crippen LogP) is 2.84. The second kappa shape index (κ2) is 4.70. The number of rotatable bonds is 4. The number of carbonyl (C=O) groups excluding carboxylic acids is 1. The van der Waals surface area contributed by atoms with Gasteiger partial charge in [-0.15, -0.1) is 11.8 Å². The molecule has 0 atom stereocenters. The van der Waals surface area contributed by atoms with Crippen molar-refractivity contribution < 1.29 is 14.7 Å². The van der Waals surface area contributed by atoms with Crippen molar-refractivity contribution in [3.63, 3.8) is 0 Å². The Hall–Kier alpha value is -1.29. The third kappa shape index (κ3) is 3.10. The Labute approximate surface area is 98.9 Å². The first-order valence-corrected chi connectivity index (χ1v) is 5.68. The van der Waals surface area contributed by atoms with Gasteiger partial charge in [0.25, 0.3) is 0 Å². The first-order valence-electron chi connectivity index (χ1n) is 4.86. The van der Waals surface area contributed by atoms with Crippen molar-refractivity contribution >= 4 is 23.5 Å². The molecule has 0 aromatic heterocycles. The lowest BCUT2D eigenvalue weighted by atomic mass is 10.2. The third-order valence-electron chi connectivity index (χ3n) is 2.15. The molecular formula is C12H14O3S. The monoisotopic (exact) mass is 238 g/mol. The average Bonchev–Trinajstić information content (AvgIpc) is 2.17. The molecule has 0 radical (unpaired) electrons. The van der Waals surface area contributed by atoms with Gasteiger partial charge in [0, 0.05) is 10.5 Å². The largest absolute Gasteiger partial charge is 0.480 e. The molecule has 1 aromatic rings. The van der Waals surface area contributed by atoms with Gasteiger partial charge in [0.1, 0.15) is 4.75 Å². The Balaban J connectivity index is 2.84. The Bertz CT molecular complexity index is 407. The summed E-state index contributed by atoms with van der Waals surface area (Å²) < 4.78 is -0.863. The number of carboxylic acid groups (broad SMARTS) is 1. The van der Waals surface area contributed by atoms with E-state index in [0.717, 1.165) is 4.90 Å². The fraction of sp³-hybridized carbons (Fsp3) is 0.333. The van der Waals surface area contributed by atoms with E-state index in [4.69, 9.17) is 5.11 Å². The Morgan fingerprint density at radius 1 is 1.19 bits per heavy atom. The summed E-state index contributed by atoms with van der Waals surface area (Å²) in [6, 6.07) is 6.96. The molecule has 16 heavy (non-hydrogen) atoms. The summed E-state index contributed by atoms with van der Waals surface area (Å²) in [7, 11) is 0. The normalized spacial score (nSPS) is 11.2. The molecule has 86 valence electrons. The SMILES string of the molecule is CC(=O)c1ccc(SC(C)(C)C(=O)O)cc1. The molecule has 0 spiro atoms. The van der Waals surface area contributed by atoms with Gasteiger partial charge >= 0.3 is 5.97 Å². The first kappa shape index (κ1) is 12.8. The van der Waals surface area contributed by atoms with Gasteiger partial charge in [-0.05, 0) is 32.9 Å². The summed E-state index contributed by atoms with van der Waals surface area (Å²) in [5, 5.41) is 8.97. The topological polar surface area (TPSA) is 54.4 Å². The van der Waals surface area contributed by atoms with Crippen LogP contribution in [0.3, 0.4) is 0 Å². The van der Waals surface area contributed by atoms with Gasteiger partial charge in [-0.25, -0.2) is 0 Å². The molecule has 0 aliphatic carbocycles. The molecule has 0 saturated heterocycles. The summed E-state index contributed by atoms with van der Waals surface area (Å²) in [5.41, 5.74) is 0.637. The van der Waals surface area contributed by atoms with Crippen LogP contribution in [-0.2, 0) is 4.79 Å². The van der Waals surface area contributed by atoms with E-state index < -0.39 is 10.7 Å². The summed E-state index contributed by atoms with van der Waals surface area (Å²) in [4.78, 5) is 22.8. The van der Waals surface area contributed by atoms with Crippen LogP contribution >= 0.6 is 11.8 Å². The minimum Gasteiger partial charge on any atom is -0.480 e. The van der Waals surface area contributed by atoms with Gasteiger partial charge in [0.2, 0.25) is 0 Å². The zero-order chi connectivity index (χ0) is 12.3. The maximum absolute atomic E-state index is 11.0. The van der Waals surface area contributed by atoms with Crippen molar-refractivity contribution in [2.45, 2.75) is 30.4 Å². The summed E-state index contributed by atoms with van der Waals surface area (Å²) in [5.74, 6) is -0.845. The Kier molecular flexibility index (Phi) is 3.75. The second-order valence-electron chi connectivity index (χ2n) is 4.00. The molecule has 3 nitrogen and oxygen atoms in total. The number of hydrogen-bond acceptors (Lipinski definition) is 3. The van der Waals surface area contributed by atoms with Crippen LogP contribution in [0.15, 0.2) is 29.2 Å². The van der Waals surface area contributed by atoms with Gasteiger partial charge in [-0.3, -0.25) is 9.59 Å². The average molecular weight is 238 g/mol. The van der Waals surface area contributed by atoms with E-state index in [9.17, 15) is 9.59 Å².